The van der Waals surface area contributed by atoms with Gasteiger partial charge in [-0.2, -0.15) is 0 Å². The number of rotatable bonds is 5. The first-order chi connectivity index (χ1) is 12.1. The maximum absolute atomic E-state index is 12.2. The van der Waals surface area contributed by atoms with E-state index in [-0.39, 0.29) is 16.7 Å². The molecule has 0 saturated carbocycles. The van der Waals surface area contributed by atoms with Gasteiger partial charge in [-0.05, 0) is 29.3 Å². The Hall–Kier alpha value is -2.70. The molecule has 0 bridgehead atoms. The second-order valence-electron chi connectivity index (χ2n) is 5.16. The number of nitrogens with one attached hydrogen (secondary N) is 1. The first-order valence-corrected chi connectivity index (χ1v) is 8.63. The number of phenolic OH excluding ortho intramolecular Hbond substituents is 1. The van der Waals surface area contributed by atoms with E-state index in [0.717, 1.165) is 22.5 Å². The van der Waals surface area contributed by atoms with Crippen molar-refractivity contribution in [3.05, 3.63) is 75.7 Å². The minimum absolute atomic E-state index is 0.182. The molecule has 0 saturated heterocycles. The molecule has 1 aromatic heterocycles. The van der Waals surface area contributed by atoms with Crippen LogP contribution in [0.15, 0.2) is 54.6 Å². The molecule has 0 spiro atoms. The van der Waals surface area contributed by atoms with Crippen molar-refractivity contribution in [3.63, 3.8) is 0 Å². The van der Waals surface area contributed by atoms with E-state index >= 15 is 0 Å². The van der Waals surface area contributed by atoms with Gasteiger partial charge in [0.1, 0.15) is 5.75 Å². The van der Waals surface area contributed by atoms with Gasteiger partial charge in [-0.1, -0.05) is 65.4 Å². The maximum atomic E-state index is 12.2. The Bertz CT molecular complexity index is 892. The monoisotopic (exact) mass is 371 g/mol. The summed E-state index contributed by atoms with van der Waals surface area (Å²) in [5, 5.41) is 21.0. The van der Waals surface area contributed by atoms with Gasteiger partial charge in [-0.3, -0.25) is 4.79 Å². The molecule has 0 atom stereocenters. The van der Waals surface area contributed by atoms with Crippen LogP contribution in [0.1, 0.15) is 25.9 Å². The first-order valence-electron chi connectivity index (χ1n) is 7.44. The van der Waals surface area contributed by atoms with Crippen LogP contribution in [0, 0.1) is 0 Å². The molecule has 0 unspecified atom stereocenters. The Kier molecular flexibility index (Phi) is 5.42. The Morgan fingerprint density at radius 3 is 2.48 bits per heavy atom. The van der Waals surface area contributed by atoms with E-state index < -0.39 is 0 Å². The van der Waals surface area contributed by atoms with Crippen LogP contribution in [0.25, 0.3) is 11.1 Å². The molecule has 126 valence electrons. The zero-order chi connectivity index (χ0) is 17.6. The summed E-state index contributed by atoms with van der Waals surface area (Å²) in [5.74, 6) is -0.108. The average molecular weight is 372 g/mol. The molecule has 1 heterocycles. The van der Waals surface area contributed by atoms with Crippen LogP contribution in [-0.4, -0.2) is 21.2 Å². The smallest absolute Gasteiger partial charge is 0.282 e. The number of hydrogen-bond donors (Lipinski definition) is 2. The highest BCUT2D eigenvalue weighted by Gasteiger charge is 2.14. The number of aromatic nitrogens is 2. The van der Waals surface area contributed by atoms with Crippen LogP contribution in [0.3, 0.4) is 0 Å². The predicted molar refractivity (Wildman–Crippen MR) is 99.4 cm³/mol. The summed E-state index contributed by atoms with van der Waals surface area (Å²) in [6.45, 7) is 0.422. The summed E-state index contributed by atoms with van der Waals surface area (Å²) in [7, 11) is 0. The third-order valence-corrected chi connectivity index (χ3v) is 4.66. The SMILES string of the molecule is O=C(NCc1ccccc1)c1nnc(/C(Cl)=C/c2ccc(O)cc2)s1. The van der Waals surface area contributed by atoms with Crippen molar-refractivity contribution in [2.45, 2.75) is 6.54 Å². The van der Waals surface area contributed by atoms with Gasteiger partial charge in [0.2, 0.25) is 5.01 Å². The van der Waals surface area contributed by atoms with Crippen LogP contribution >= 0.6 is 22.9 Å². The van der Waals surface area contributed by atoms with E-state index in [0.29, 0.717) is 16.6 Å². The molecule has 0 aliphatic heterocycles. The molecule has 2 aromatic carbocycles. The number of carbonyl (C=O) groups is 1. The topological polar surface area (TPSA) is 75.1 Å². The van der Waals surface area contributed by atoms with Gasteiger partial charge in [0.15, 0.2) is 5.01 Å². The summed E-state index contributed by atoms with van der Waals surface area (Å²) in [6.07, 6.45) is 1.70. The molecular formula is C18H14ClN3O2S. The number of amides is 1. The van der Waals surface area contributed by atoms with Crippen LogP contribution in [0.5, 0.6) is 5.75 Å². The van der Waals surface area contributed by atoms with Gasteiger partial charge >= 0.3 is 0 Å². The van der Waals surface area contributed by atoms with E-state index in [1.807, 2.05) is 30.3 Å². The van der Waals surface area contributed by atoms with Gasteiger partial charge in [0, 0.05) is 6.54 Å². The molecule has 7 heteroatoms. The predicted octanol–water partition coefficient (Wildman–Crippen LogP) is 3.91. The van der Waals surface area contributed by atoms with Crippen molar-refractivity contribution >= 4 is 40.0 Å². The summed E-state index contributed by atoms with van der Waals surface area (Å²) in [4.78, 5) is 12.2. The lowest BCUT2D eigenvalue weighted by atomic mass is 10.2. The fourth-order valence-electron chi connectivity index (χ4n) is 2.04. The maximum Gasteiger partial charge on any atom is 0.282 e. The highest BCUT2D eigenvalue weighted by molar-refractivity contribution is 7.15. The van der Waals surface area contributed by atoms with Gasteiger partial charge < -0.3 is 10.4 Å². The van der Waals surface area contributed by atoms with E-state index in [4.69, 9.17) is 11.6 Å². The molecule has 0 aliphatic carbocycles. The van der Waals surface area contributed by atoms with Crippen LogP contribution in [-0.2, 0) is 6.54 Å². The number of nitrogens with zero attached hydrogens (tertiary/aromatic N) is 2. The van der Waals surface area contributed by atoms with E-state index in [1.54, 1.807) is 30.3 Å². The van der Waals surface area contributed by atoms with Crippen LogP contribution < -0.4 is 5.32 Å². The van der Waals surface area contributed by atoms with Crippen LogP contribution in [0.2, 0.25) is 0 Å². The molecule has 0 fully saturated rings. The number of benzene rings is 2. The third kappa shape index (κ3) is 4.65. The lowest BCUT2D eigenvalue weighted by Gasteiger charge is -2.02. The minimum Gasteiger partial charge on any atom is -0.508 e. The van der Waals surface area contributed by atoms with Crippen molar-refractivity contribution in [3.8, 4) is 5.75 Å². The Labute approximate surface area is 153 Å². The van der Waals surface area contributed by atoms with Crippen molar-refractivity contribution in [2.75, 3.05) is 0 Å². The van der Waals surface area contributed by atoms with Crippen LogP contribution in [0.4, 0.5) is 0 Å². The lowest BCUT2D eigenvalue weighted by molar-refractivity contribution is 0.0950. The lowest BCUT2D eigenvalue weighted by Crippen LogP contribution is -2.22. The molecule has 3 aromatic rings. The summed E-state index contributed by atoms with van der Waals surface area (Å²) < 4.78 is 0. The van der Waals surface area contributed by atoms with Gasteiger partial charge in [0.05, 0.1) is 5.03 Å². The van der Waals surface area contributed by atoms with Crippen molar-refractivity contribution in [2.24, 2.45) is 0 Å². The van der Waals surface area contributed by atoms with Gasteiger partial charge in [0.25, 0.3) is 5.91 Å². The summed E-state index contributed by atoms with van der Waals surface area (Å²) in [5.41, 5.74) is 1.82. The third-order valence-electron chi connectivity index (χ3n) is 3.31. The molecule has 0 radical (unpaired) electrons. The number of hydrogen-bond acceptors (Lipinski definition) is 5. The summed E-state index contributed by atoms with van der Waals surface area (Å²) >= 11 is 7.37. The molecule has 2 N–H and O–H groups in total. The quantitative estimate of drug-likeness (QED) is 0.713. The average Bonchev–Trinajstić information content (AvgIpc) is 3.13. The molecule has 0 aliphatic rings. The zero-order valence-electron chi connectivity index (χ0n) is 13.0. The van der Waals surface area contributed by atoms with Crippen molar-refractivity contribution in [1.82, 2.24) is 15.5 Å². The fourth-order valence-corrected chi connectivity index (χ4v) is 2.99. The second-order valence-corrected chi connectivity index (χ2v) is 6.55. The Morgan fingerprint density at radius 2 is 1.76 bits per heavy atom. The zero-order valence-corrected chi connectivity index (χ0v) is 14.6. The normalized spacial score (nSPS) is 11.3. The highest BCUT2D eigenvalue weighted by atomic mass is 35.5. The van der Waals surface area contributed by atoms with Gasteiger partial charge in [-0.25, -0.2) is 0 Å². The molecule has 1 amide bonds. The van der Waals surface area contributed by atoms with Crippen molar-refractivity contribution < 1.29 is 9.90 Å². The van der Waals surface area contributed by atoms with E-state index in [1.165, 1.54) is 0 Å². The largest absolute Gasteiger partial charge is 0.508 e. The first kappa shape index (κ1) is 17.1. The molecule has 3 rings (SSSR count). The Balaban J connectivity index is 1.66. The Morgan fingerprint density at radius 1 is 1.08 bits per heavy atom. The van der Waals surface area contributed by atoms with Gasteiger partial charge in [-0.15, -0.1) is 10.2 Å². The molecule has 25 heavy (non-hydrogen) atoms. The number of carbonyl (C=O) groups excluding carboxylic acids is 1. The number of phenols is 1. The fraction of sp³-hybridized carbons (Fsp3) is 0.0556. The number of aromatic hydroxyl groups is 1. The standard InChI is InChI=1S/C18H14ClN3O2S/c19-15(10-12-6-8-14(23)9-7-12)17-21-22-18(25-17)16(24)20-11-13-4-2-1-3-5-13/h1-10,23H,11H2,(H,20,24)/b15-10-. The van der Waals surface area contributed by atoms with E-state index in [2.05, 4.69) is 15.5 Å². The van der Waals surface area contributed by atoms with Crippen molar-refractivity contribution in [1.29, 1.82) is 0 Å². The molecular weight excluding hydrogens is 358 g/mol. The van der Waals surface area contributed by atoms with E-state index in [9.17, 15) is 9.90 Å². The molecule has 5 nitrogen and oxygen atoms in total. The second kappa shape index (κ2) is 7.92. The minimum atomic E-state index is -0.290. The highest BCUT2D eigenvalue weighted by Crippen LogP contribution is 2.25. The summed E-state index contributed by atoms with van der Waals surface area (Å²) in [6, 6.07) is 16.2. The number of halogens is 1.